The lowest BCUT2D eigenvalue weighted by Gasteiger charge is -2.13. The van der Waals surface area contributed by atoms with Crippen LogP contribution in [0.15, 0.2) is 51.6 Å². The lowest BCUT2D eigenvalue weighted by Crippen LogP contribution is -2.25. The molecule has 0 atom stereocenters. The maximum atomic E-state index is 12.3. The van der Waals surface area contributed by atoms with Crippen LogP contribution in [0.1, 0.15) is 27.8 Å². The summed E-state index contributed by atoms with van der Waals surface area (Å²) in [6.45, 7) is 2.78. The van der Waals surface area contributed by atoms with Crippen LogP contribution < -0.4 is 0 Å². The number of rotatable bonds is 5. The number of carbonyl (C=O) groups is 1. The summed E-state index contributed by atoms with van der Waals surface area (Å²) in [6.07, 6.45) is 3.55. The van der Waals surface area contributed by atoms with Crippen LogP contribution in [-0.4, -0.2) is 27.6 Å². The minimum absolute atomic E-state index is 0.180. The van der Waals surface area contributed by atoms with Gasteiger partial charge in [0.15, 0.2) is 5.76 Å². The van der Waals surface area contributed by atoms with Crippen molar-refractivity contribution in [3.63, 3.8) is 0 Å². The van der Waals surface area contributed by atoms with Gasteiger partial charge < -0.3 is 13.7 Å². The molecule has 0 bridgehead atoms. The van der Waals surface area contributed by atoms with Crippen molar-refractivity contribution in [2.45, 2.75) is 20.0 Å². The van der Waals surface area contributed by atoms with E-state index in [4.69, 9.17) is 8.83 Å². The summed E-state index contributed by atoms with van der Waals surface area (Å²) in [5.74, 6) is 2.40. The summed E-state index contributed by atoms with van der Waals surface area (Å²) in [7, 11) is 1.72. The molecule has 0 aromatic carbocycles. The molecule has 22 heavy (non-hydrogen) atoms. The molecular weight excluding hydrogens is 282 g/mol. The van der Waals surface area contributed by atoms with E-state index in [-0.39, 0.29) is 5.91 Å². The Hall–Kier alpha value is -2.76. The second-order valence-corrected chi connectivity index (χ2v) is 5.14. The summed E-state index contributed by atoms with van der Waals surface area (Å²) >= 11 is 0. The van der Waals surface area contributed by atoms with E-state index in [1.165, 1.54) is 0 Å². The van der Waals surface area contributed by atoms with Gasteiger partial charge in [0.2, 0.25) is 0 Å². The molecule has 0 N–H and O–H groups in total. The smallest absolute Gasteiger partial charge is 0.289 e. The van der Waals surface area contributed by atoms with E-state index < -0.39 is 0 Å². The van der Waals surface area contributed by atoms with Crippen LogP contribution in [0.5, 0.6) is 0 Å². The predicted molar refractivity (Wildman–Crippen MR) is 79.3 cm³/mol. The van der Waals surface area contributed by atoms with Gasteiger partial charge in [-0.1, -0.05) is 0 Å². The summed E-state index contributed by atoms with van der Waals surface area (Å²) in [5, 5.41) is 4.11. The first-order valence-corrected chi connectivity index (χ1v) is 6.99. The molecule has 3 aromatic rings. The van der Waals surface area contributed by atoms with E-state index in [0.717, 1.165) is 11.5 Å². The number of aromatic nitrogens is 2. The van der Waals surface area contributed by atoms with Gasteiger partial charge in [-0.15, -0.1) is 0 Å². The van der Waals surface area contributed by atoms with Gasteiger partial charge in [0, 0.05) is 19.4 Å². The topological polar surface area (TPSA) is 64.4 Å². The minimum Gasteiger partial charge on any atom is -0.464 e. The van der Waals surface area contributed by atoms with E-state index in [1.807, 2.05) is 31.3 Å². The summed E-state index contributed by atoms with van der Waals surface area (Å²) in [4.78, 5) is 13.9. The van der Waals surface area contributed by atoms with Crippen molar-refractivity contribution in [1.29, 1.82) is 0 Å². The Bertz CT molecular complexity index is 755. The van der Waals surface area contributed by atoms with E-state index in [2.05, 4.69) is 5.10 Å². The summed E-state index contributed by atoms with van der Waals surface area (Å²) in [6, 6.07) is 9.06. The highest BCUT2D eigenvalue weighted by molar-refractivity contribution is 5.91. The number of furan rings is 2. The van der Waals surface area contributed by atoms with E-state index in [9.17, 15) is 4.79 Å². The predicted octanol–water partition coefficient (Wildman–Crippen LogP) is 2.70. The average molecular weight is 299 g/mol. The van der Waals surface area contributed by atoms with Crippen molar-refractivity contribution >= 4 is 5.91 Å². The lowest BCUT2D eigenvalue weighted by molar-refractivity contribution is 0.0741. The molecule has 114 valence electrons. The Labute approximate surface area is 127 Å². The Morgan fingerprint density at radius 2 is 2.05 bits per heavy atom. The summed E-state index contributed by atoms with van der Waals surface area (Å²) in [5.41, 5.74) is 0. The van der Waals surface area contributed by atoms with Crippen LogP contribution in [-0.2, 0) is 13.1 Å². The Morgan fingerprint density at radius 1 is 1.23 bits per heavy atom. The molecule has 0 fully saturated rings. The third kappa shape index (κ3) is 3.11. The number of hydrogen-bond acceptors (Lipinski definition) is 4. The maximum Gasteiger partial charge on any atom is 0.289 e. The van der Waals surface area contributed by atoms with Gasteiger partial charge in [-0.25, -0.2) is 0 Å². The van der Waals surface area contributed by atoms with Crippen LogP contribution in [0.4, 0.5) is 0 Å². The van der Waals surface area contributed by atoms with Crippen LogP contribution in [0.25, 0.3) is 0 Å². The molecule has 0 saturated carbocycles. The van der Waals surface area contributed by atoms with Gasteiger partial charge >= 0.3 is 0 Å². The van der Waals surface area contributed by atoms with Crippen LogP contribution in [0, 0.1) is 6.92 Å². The number of hydrogen-bond donors (Lipinski definition) is 0. The molecule has 6 heteroatoms. The second-order valence-electron chi connectivity index (χ2n) is 5.14. The molecule has 3 aromatic heterocycles. The van der Waals surface area contributed by atoms with Gasteiger partial charge in [0.05, 0.1) is 13.1 Å². The first-order valence-electron chi connectivity index (χ1n) is 6.99. The highest BCUT2D eigenvalue weighted by Crippen LogP contribution is 2.14. The molecule has 3 heterocycles. The number of nitrogens with zero attached hydrogens (tertiary/aromatic N) is 3. The fourth-order valence-corrected chi connectivity index (χ4v) is 2.20. The highest BCUT2D eigenvalue weighted by Gasteiger charge is 2.17. The molecule has 0 radical (unpaired) electrons. The van der Waals surface area contributed by atoms with E-state index >= 15 is 0 Å². The Kier molecular flexibility index (Phi) is 3.82. The standard InChI is InChI=1S/C16H17N3O3/c1-12-4-5-13(21-12)10-18(2)16(20)15-7-6-14(22-15)11-19-9-3-8-17-19/h3-9H,10-11H2,1-2H3. The number of carbonyl (C=O) groups excluding carboxylic acids is 1. The molecule has 0 aliphatic heterocycles. The molecule has 3 rings (SSSR count). The molecule has 1 amide bonds. The number of amides is 1. The third-order valence-electron chi connectivity index (χ3n) is 3.29. The van der Waals surface area contributed by atoms with Gasteiger partial charge in [-0.05, 0) is 37.3 Å². The van der Waals surface area contributed by atoms with Crippen LogP contribution in [0.3, 0.4) is 0 Å². The summed E-state index contributed by atoms with van der Waals surface area (Å²) < 4.78 is 12.8. The SMILES string of the molecule is Cc1ccc(CN(C)C(=O)c2ccc(Cn3cccn3)o2)o1. The molecule has 0 aliphatic carbocycles. The van der Waals surface area contributed by atoms with Crippen LogP contribution in [0.2, 0.25) is 0 Å². The molecule has 6 nitrogen and oxygen atoms in total. The largest absolute Gasteiger partial charge is 0.464 e. The normalized spacial score (nSPS) is 10.8. The molecular formula is C16H17N3O3. The molecule has 0 saturated heterocycles. The zero-order valence-electron chi connectivity index (χ0n) is 12.5. The van der Waals surface area contributed by atoms with Crippen molar-refractivity contribution in [1.82, 2.24) is 14.7 Å². The van der Waals surface area contributed by atoms with E-state index in [0.29, 0.717) is 24.6 Å². The zero-order valence-corrected chi connectivity index (χ0v) is 12.5. The van der Waals surface area contributed by atoms with Gasteiger partial charge in [-0.3, -0.25) is 9.48 Å². The van der Waals surface area contributed by atoms with Crippen molar-refractivity contribution in [2.75, 3.05) is 7.05 Å². The quantitative estimate of drug-likeness (QED) is 0.726. The monoisotopic (exact) mass is 299 g/mol. The minimum atomic E-state index is -0.180. The van der Waals surface area contributed by atoms with E-state index in [1.54, 1.807) is 35.0 Å². The fraction of sp³-hybridized carbons (Fsp3) is 0.250. The third-order valence-corrected chi connectivity index (χ3v) is 3.29. The van der Waals surface area contributed by atoms with Crippen molar-refractivity contribution in [3.8, 4) is 0 Å². The van der Waals surface area contributed by atoms with Crippen molar-refractivity contribution in [3.05, 3.63) is 65.8 Å². The van der Waals surface area contributed by atoms with Crippen molar-refractivity contribution in [2.24, 2.45) is 0 Å². The Balaban J connectivity index is 1.65. The lowest BCUT2D eigenvalue weighted by atomic mass is 10.3. The van der Waals surface area contributed by atoms with Crippen molar-refractivity contribution < 1.29 is 13.6 Å². The number of aryl methyl sites for hydroxylation is 1. The zero-order chi connectivity index (χ0) is 15.5. The molecule has 0 spiro atoms. The highest BCUT2D eigenvalue weighted by atomic mass is 16.4. The molecule has 0 unspecified atom stereocenters. The first-order chi connectivity index (χ1) is 10.6. The fourth-order valence-electron chi connectivity index (χ4n) is 2.20. The molecule has 0 aliphatic rings. The van der Waals surface area contributed by atoms with Gasteiger partial charge in [0.25, 0.3) is 5.91 Å². The van der Waals surface area contributed by atoms with Gasteiger partial charge in [-0.2, -0.15) is 5.10 Å². The average Bonchev–Trinajstić information content (AvgIpc) is 3.21. The van der Waals surface area contributed by atoms with Gasteiger partial charge in [0.1, 0.15) is 17.3 Å². The first kappa shape index (κ1) is 14.2. The Morgan fingerprint density at radius 3 is 2.73 bits per heavy atom. The maximum absolute atomic E-state index is 12.3. The van der Waals surface area contributed by atoms with Crippen LogP contribution >= 0.6 is 0 Å². The second kappa shape index (κ2) is 5.93.